The lowest BCUT2D eigenvalue weighted by atomic mass is 9.90. The number of nitrogens with one attached hydrogen (secondary N) is 1. The minimum atomic E-state index is -0.506. The number of carbonyl (C=O) groups excluding carboxylic acids is 3. The normalized spacial score (nSPS) is 11.5. The molecule has 0 saturated carbocycles. The van der Waals surface area contributed by atoms with Crippen LogP contribution in [0.25, 0.3) is 0 Å². The molecule has 5 nitrogen and oxygen atoms in total. The molecule has 38 heavy (non-hydrogen) atoms. The molecule has 0 heterocycles. The van der Waals surface area contributed by atoms with Crippen molar-refractivity contribution in [3.63, 3.8) is 0 Å². The second-order valence-corrected chi connectivity index (χ2v) is 9.39. The van der Waals surface area contributed by atoms with E-state index in [1.165, 1.54) is 4.90 Å². The van der Waals surface area contributed by atoms with Crippen molar-refractivity contribution in [3.8, 4) is 0 Å². The lowest BCUT2D eigenvalue weighted by molar-refractivity contribution is -0.145. The molecule has 192 valence electrons. The smallest absolute Gasteiger partial charge is 0.233 e. The van der Waals surface area contributed by atoms with E-state index in [0.717, 1.165) is 22.3 Å². The molecule has 4 rings (SSSR count). The zero-order valence-electron chi connectivity index (χ0n) is 21.5. The summed E-state index contributed by atoms with van der Waals surface area (Å²) in [6.07, 6.45) is 0.220. The lowest BCUT2D eigenvalue weighted by Crippen LogP contribution is -2.48. The van der Waals surface area contributed by atoms with E-state index in [1.54, 1.807) is 0 Å². The minimum Gasteiger partial charge on any atom is -0.351 e. The Morgan fingerprint density at radius 2 is 0.974 bits per heavy atom. The van der Waals surface area contributed by atoms with E-state index >= 15 is 0 Å². The highest BCUT2D eigenvalue weighted by atomic mass is 16.2. The Morgan fingerprint density at radius 1 is 0.605 bits per heavy atom. The summed E-state index contributed by atoms with van der Waals surface area (Å²) in [7, 11) is 0. The summed E-state index contributed by atoms with van der Waals surface area (Å²) < 4.78 is 0. The van der Waals surface area contributed by atoms with Gasteiger partial charge < -0.3 is 5.32 Å². The van der Waals surface area contributed by atoms with E-state index in [4.69, 9.17) is 0 Å². The molecular weight excluding hydrogens is 472 g/mol. The summed E-state index contributed by atoms with van der Waals surface area (Å²) in [6, 6.07) is 37.5. The second-order valence-electron chi connectivity index (χ2n) is 9.39. The molecule has 4 aromatic carbocycles. The van der Waals surface area contributed by atoms with Gasteiger partial charge in [0.1, 0.15) is 0 Å². The van der Waals surface area contributed by atoms with Gasteiger partial charge >= 0.3 is 0 Å². The first-order chi connectivity index (χ1) is 18.5. The van der Waals surface area contributed by atoms with Crippen molar-refractivity contribution in [2.75, 3.05) is 6.54 Å². The third-order valence-electron chi connectivity index (χ3n) is 6.37. The van der Waals surface area contributed by atoms with Crippen molar-refractivity contribution in [1.29, 1.82) is 0 Å². The predicted molar refractivity (Wildman–Crippen MR) is 149 cm³/mol. The van der Waals surface area contributed by atoms with Gasteiger partial charge in [-0.3, -0.25) is 19.3 Å². The number of amides is 3. The predicted octanol–water partition coefficient (Wildman–Crippen LogP) is 5.16. The fraction of sp³-hybridized carbons (Fsp3) is 0.182. The van der Waals surface area contributed by atoms with Gasteiger partial charge in [-0.05, 0) is 29.2 Å². The van der Waals surface area contributed by atoms with Crippen molar-refractivity contribution < 1.29 is 14.4 Å². The molecule has 0 aliphatic heterocycles. The van der Waals surface area contributed by atoms with Gasteiger partial charge in [-0.15, -0.1) is 0 Å². The summed E-state index contributed by atoms with van der Waals surface area (Å²) in [6.45, 7) is 1.91. The molecule has 0 fully saturated rings. The third kappa shape index (κ3) is 7.26. The molecule has 0 aromatic heterocycles. The van der Waals surface area contributed by atoms with Gasteiger partial charge in [0.15, 0.2) is 0 Å². The first kappa shape index (κ1) is 26.6. The summed E-state index contributed by atoms with van der Waals surface area (Å²) in [4.78, 5) is 41.5. The molecule has 1 unspecified atom stereocenters. The quantitative estimate of drug-likeness (QED) is 0.324. The molecule has 1 atom stereocenters. The standard InChI is InChI=1S/C33H32N2O3/c1-25(34-33(38)32(28-18-10-4-11-19-28)29-20-12-5-13-21-29)24-35(30(36)22-26-14-6-2-7-15-26)31(37)23-27-16-8-3-9-17-27/h2-21,25,32H,22-24H2,1H3,(H,34,38). The van der Waals surface area contributed by atoms with E-state index in [9.17, 15) is 14.4 Å². The van der Waals surface area contributed by atoms with Crippen molar-refractivity contribution in [3.05, 3.63) is 144 Å². The van der Waals surface area contributed by atoms with Crippen LogP contribution < -0.4 is 5.32 Å². The van der Waals surface area contributed by atoms with Crippen LogP contribution in [0.15, 0.2) is 121 Å². The van der Waals surface area contributed by atoms with Crippen LogP contribution in [0.5, 0.6) is 0 Å². The van der Waals surface area contributed by atoms with Crippen LogP contribution in [-0.2, 0) is 27.2 Å². The minimum absolute atomic E-state index is 0.0827. The monoisotopic (exact) mass is 504 g/mol. The highest BCUT2D eigenvalue weighted by Gasteiger charge is 2.27. The lowest BCUT2D eigenvalue weighted by Gasteiger charge is -2.27. The summed E-state index contributed by atoms with van der Waals surface area (Å²) in [5, 5.41) is 3.06. The Morgan fingerprint density at radius 3 is 1.37 bits per heavy atom. The molecule has 0 radical (unpaired) electrons. The molecule has 4 aromatic rings. The van der Waals surface area contributed by atoms with Crippen LogP contribution >= 0.6 is 0 Å². The molecule has 1 N–H and O–H groups in total. The van der Waals surface area contributed by atoms with Gasteiger partial charge in [0.05, 0.1) is 18.8 Å². The highest BCUT2D eigenvalue weighted by Crippen LogP contribution is 2.25. The number of benzene rings is 4. The number of imide groups is 1. The molecule has 0 spiro atoms. The Bertz CT molecular complexity index is 1230. The van der Waals surface area contributed by atoms with Crippen LogP contribution in [0, 0.1) is 0 Å². The van der Waals surface area contributed by atoms with Gasteiger partial charge in [-0.1, -0.05) is 121 Å². The third-order valence-corrected chi connectivity index (χ3v) is 6.37. The molecular formula is C33H32N2O3. The van der Waals surface area contributed by atoms with Crippen LogP contribution in [0.1, 0.15) is 35.1 Å². The zero-order chi connectivity index (χ0) is 26.7. The Labute approximate surface area is 224 Å². The average Bonchev–Trinajstić information content (AvgIpc) is 2.94. The van der Waals surface area contributed by atoms with E-state index in [0.29, 0.717) is 0 Å². The molecule has 5 heteroatoms. The van der Waals surface area contributed by atoms with Gasteiger partial charge in [0.25, 0.3) is 0 Å². The molecule has 0 bridgehead atoms. The first-order valence-electron chi connectivity index (χ1n) is 12.8. The van der Waals surface area contributed by atoms with Gasteiger partial charge in [-0.25, -0.2) is 0 Å². The summed E-state index contributed by atoms with van der Waals surface area (Å²) in [5.74, 6) is -1.27. The molecule has 0 aliphatic rings. The van der Waals surface area contributed by atoms with E-state index in [-0.39, 0.29) is 37.1 Å². The van der Waals surface area contributed by atoms with Crippen LogP contribution in [-0.4, -0.2) is 35.2 Å². The number of rotatable bonds is 10. The maximum Gasteiger partial charge on any atom is 0.233 e. The van der Waals surface area contributed by atoms with E-state index in [2.05, 4.69) is 5.32 Å². The van der Waals surface area contributed by atoms with Gasteiger partial charge in [0, 0.05) is 12.6 Å². The Hall–Kier alpha value is -4.51. The fourth-order valence-electron chi connectivity index (χ4n) is 4.51. The topological polar surface area (TPSA) is 66.5 Å². The van der Waals surface area contributed by atoms with Crippen molar-refractivity contribution in [1.82, 2.24) is 10.2 Å². The number of carbonyl (C=O) groups is 3. The number of hydrogen-bond acceptors (Lipinski definition) is 3. The number of nitrogens with zero attached hydrogens (tertiary/aromatic N) is 1. The number of hydrogen-bond donors (Lipinski definition) is 1. The Balaban J connectivity index is 1.52. The highest BCUT2D eigenvalue weighted by molar-refractivity contribution is 5.97. The average molecular weight is 505 g/mol. The molecule has 3 amide bonds. The van der Waals surface area contributed by atoms with Gasteiger partial charge in [-0.2, -0.15) is 0 Å². The van der Waals surface area contributed by atoms with Crippen molar-refractivity contribution in [2.45, 2.75) is 31.7 Å². The van der Waals surface area contributed by atoms with Crippen LogP contribution in [0.3, 0.4) is 0 Å². The first-order valence-corrected chi connectivity index (χ1v) is 12.8. The van der Waals surface area contributed by atoms with Crippen molar-refractivity contribution >= 4 is 17.7 Å². The SMILES string of the molecule is CC(CN(C(=O)Cc1ccccc1)C(=O)Cc1ccccc1)NC(=O)C(c1ccccc1)c1ccccc1. The largest absolute Gasteiger partial charge is 0.351 e. The zero-order valence-corrected chi connectivity index (χ0v) is 21.5. The van der Waals surface area contributed by atoms with Gasteiger partial charge in [0.2, 0.25) is 17.7 Å². The fourth-order valence-corrected chi connectivity index (χ4v) is 4.51. The molecule has 0 saturated heterocycles. The van der Waals surface area contributed by atoms with Crippen LogP contribution in [0.4, 0.5) is 0 Å². The van der Waals surface area contributed by atoms with E-state index < -0.39 is 12.0 Å². The second kappa shape index (κ2) is 13.2. The molecule has 0 aliphatic carbocycles. The summed E-state index contributed by atoms with van der Waals surface area (Å²) >= 11 is 0. The maximum absolute atomic E-state index is 13.6. The maximum atomic E-state index is 13.6. The summed E-state index contributed by atoms with van der Waals surface area (Å²) in [5.41, 5.74) is 3.42. The Kier molecular flexibility index (Phi) is 9.19. The van der Waals surface area contributed by atoms with Crippen LogP contribution in [0.2, 0.25) is 0 Å². The van der Waals surface area contributed by atoms with Crippen molar-refractivity contribution in [2.24, 2.45) is 0 Å². The van der Waals surface area contributed by atoms with E-state index in [1.807, 2.05) is 128 Å².